The van der Waals surface area contributed by atoms with Gasteiger partial charge in [0.25, 0.3) is 25.8 Å². The first-order valence-electron chi connectivity index (χ1n) is 23.2. The number of sulfonamides is 1. The SMILES string of the molecule is CN(CCC[C@H](CSc1ccccc1)Nc1ccc(S(=O)(=O)NC(=O)c2ccc(N3CCC([C@@H](O)c4ccccc4-c4ccc(Cl)cc4)CC3)cc2)cc1S(=O)(=O)C(F)(F)F)CCOC(=O)CN(C)CC(=O)O. The fraction of sp³-hybridized carbons (Fsp3) is 0.353. The number of carboxylic acid groups (broad SMARTS) is 1. The van der Waals surface area contributed by atoms with Gasteiger partial charge in [-0.3, -0.25) is 19.3 Å². The highest BCUT2D eigenvalue weighted by atomic mass is 35.5. The summed E-state index contributed by atoms with van der Waals surface area (Å²) in [4.78, 5) is 40.2. The second-order valence-corrected chi connectivity index (χ2v) is 22.8. The number of nitrogens with zero attached hydrogens (tertiary/aromatic N) is 3. The molecule has 5 aromatic rings. The van der Waals surface area contributed by atoms with Crippen molar-refractivity contribution in [2.45, 2.75) is 58.0 Å². The Labute approximate surface area is 432 Å². The zero-order chi connectivity index (χ0) is 52.9. The van der Waals surface area contributed by atoms with Crippen molar-refractivity contribution >= 4 is 72.4 Å². The largest absolute Gasteiger partial charge is 0.501 e. The number of carboxylic acids is 1. The molecule has 1 aliphatic heterocycles. The van der Waals surface area contributed by atoms with E-state index in [1.165, 1.54) is 35.8 Å². The van der Waals surface area contributed by atoms with Crippen LogP contribution in [0.1, 0.15) is 47.7 Å². The predicted octanol–water partition coefficient (Wildman–Crippen LogP) is 8.21. The third-order valence-corrected chi connectivity index (χ3v) is 16.5. The number of benzene rings is 5. The zero-order valence-corrected chi connectivity index (χ0v) is 43.2. The molecule has 1 heterocycles. The maximum absolute atomic E-state index is 14.3. The fourth-order valence-corrected chi connectivity index (χ4v) is 11.4. The van der Waals surface area contributed by atoms with Crippen LogP contribution in [0.5, 0.6) is 0 Å². The van der Waals surface area contributed by atoms with Crippen molar-refractivity contribution in [3.8, 4) is 11.1 Å². The molecule has 2 atom stereocenters. The smallest absolute Gasteiger partial charge is 0.480 e. The van der Waals surface area contributed by atoms with Gasteiger partial charge in [-0.25, -0.2) is 21.6 Å². The van der Waals surface area contributed by atoms with Crippen molar-refractivity contribution in [3.63, 3.8) is 0 Å². The average molecular weight is 1090 g/mol. The molecule has 4 N–H and O–H groups in total. The molecule has 6 rings (SSSR count). The lowest BCUT2D eigenvalue weighted by Crippen LogP contribution is -2.36. The maximum atomic E-state index is 14.3. The third-order valence-electron chi connectivity index (χ3n) is 12.2. The normalized spacial score (nSPS) is 14.5. The van der Waals surface area contributed by atoms with Crippen LogP contribution in [0.2, 0.25) is 5.02 Å². The molecule has 1 amide bonds. The molecule has 5 aromatic carbocycles. The summed E-state index contributed by atoms with van der Waals surface area (Å²) in [5, 5.41) is 24.0. The average Bonchev–Trinajstić information content (AvgIpc) is 3.35. The minimum Gasteiger partial charge on any atom is -0.480 e. The van der Waals surface area contributed by atoms with E-state index in [2.05, 4.69) is 10.2 Å². The first-order valence-corrected chi connectivity index (χ1v) is 27.5. The Hall–Kier alpha value is -5.68. The first kappa shape index (κ1) is 56.6. The molecule has 392 valence electrons. The van der Waals surface area contributed by atoms with Crippen LogP contribution in [-0.2, 0) is 34.2 Å². The standard InChI is InChI=1S/C51H57ClF3N5O10S3/c1-58(29-30-70-48(63)33-59(2)32-47(61)62)26-8-9-39(34-71-41-10-4-3-5-11-41)56-45-23-22-42(31-46(45)72(66,67)51(53,54)55)73(68,69)57-50(65)37-16-20-40(21-17-37)60-27-24-36(25-28-60)49(64)44-13-7-6-12-43(44)35-14-18-38(52)19-15-35/h3-7,10-23,31,36,39,49,56,64H,8-9,24-30,32-34H2,1-2H3,(H,57,65)(H,61,62)/t39-,49-/m1/s1. The Morgan fingerprint density at radius 1 is 0.849 bits per heavy atom. The predicted molar refractivity (Wildman–Crippen MR) is 275 cm³/mol. The molecule has 15 nitrogen and oxygen atoms in total. The zero-order valence-electron chi connectivity index (χ0n) is 40.0. The van der Waals surface area contributed by atoms with E-state index < -0.39 is 70.8 Å². The molecule has 1 saturated heterocycles. The number of hydrogen-bond acceptors (Lipinski definition) is 14. The summed E-state index contributed by atoms with van der Waals surface area (Å²) >= 11 is 7.47. The molecule has 22 heteroatoms. The minimum atomic E-state index is -6.15. The minimum absolute atomic E-state index is 0.0135. The molecule has 1 fully saturated rings. The fourth-order valence-electron chi connectivity index (χ4n) is 8.29. The van der Waals surface area contributed by atoms with Crippen molar-refractivity contribution in [1.82, 2.24) is 14.5 Å². The summed E-state index contributed by atoms with van der Waals surface area (Å²) in [6.45, 7) is 1.38. The van der Waals surface area contributed by atoms with Gasteiger partial charge in [-0.1, -0.05) is 66.2 Å². The first-order chi connectivity index (χ1) is 34.6. The number of carbonyl (C=O) groups excluding carboxylic acids is 2. The molecule has 73 heavy (non-hydrogen) atoms. The van der Waals surface area contributed by atoms with E-state index in [0.29, 0.717) is 63.0 Å². The van der Waals surface area contributed by atoms with Crippen LogP contribution < -0.4 is 14.9 Å². The van der Waals surface area contributed by atoms with Gasteiger partial charge in [0, 0.05) is 52.6 Å². The molecule has 1 aliphatic rings. The number of piperidine rings is 1. The van der Waals surface area contributed by atoms with Crippen molar-refractivity contribution in [3.05, 3.63) is 137 Å². The molecule has 0 spiro atoms. The molecule has 0 aromatic heterocycles. The lowest BCUT2D eigenvalue weighted by atomic mass is 9.84. The number of thioether (sulfide) groups is 1. The van der Waals surface area contributed by atoms with E-state index in [9.17, 15) is 49.5 Å². The quantitative estimate of drug-likeness (QED) is 0.0340. The van der Waals surface area contributed by atoms with Crippen molar-refractivity contribution in [1.29, 1.82) is 0 Å². The Balaban J connectivity index is 1.10. The molecule has 0 unspecified atom stereocenters. The number of hydrogen-bond donors (Lipinski definition) is 4. The number of aliphatic carboxylic acids is 1. The lowest BCUT2D eigenvalue weighted by Gasteiger charge is -2.36. The highest BCUT2D eigenvalue weighted by Gasteiger charge is 2.48. The Kier molecular flexibility index (Phi) is 19.8. The molecule has 0 bridgehead atoms. The lowest BCUT2D eigenvalue weighted by molar-refractivity contribution is -0.146. The monoisotopic (exact) mass is 1090 g/mol. The number of aliphatic hydroxyl groups excluding tert-OH is 1. The van der Waals surface area contributed by atoms with Crippen LogP contribution >= 0.6 is 23.4 Å². The number of rotatable bonds is 24. The highest BCUT2D eigenvalue weighted by molar-refractivity contribution is 7.99. The van der Waals surface area contributed by atoms with Gasteiger partial charge in [0.2, 0.25) is 0 Å². The van der Waals surface area contributed by atoms with Crippen molar-refractivity contribution in [2.75, 3.05) is 75.9 Å². The number of esters is 1. The number of halogens is 4. The van der Waals surface area contributed by atoms with Crippen molar-refractivity contribution in [2.24, 2.45) is 5.92 Å². The summed E-state index contributed by atoms with van der Waals surface area (Å²) < 4.78 is 103. The summed E-state index contributed by atoms with van der Waals surface area (Å²) in [6.07, 6.45) is 1.35. The maximum Gasteiger partial charge on any atom is 0.501 e. The second-order valence-electron chi connectivity index (χ2n) is 17.6. The number of sulfone groups is 1. The summed E-state index contributed by atoms with van der Waals surface area (Å²) in [5.41, 5.74) is -2.99. The van der Waals surface area contributed by atoms with Gasteiger partial charge < -0.3 is 30.1 Å². The van der Waals surface area contributed by atoms with Gasteiger partial charge in [0.05, 0.1) is 29.8 Å². The second kappa shape index (κ2) is 25.5. The Morgan fingerprint density at radius 2 is 1.51 bits per heavy atom. The van der Waals surface area contributed by atoms with Gasteiger partial charge in [-0.05, 0) is 136 Å². The number of likely N-dealkylation sites (N-methyl/N-ethyl adjacent to an activating group) is 2. The summed E-state index contributed by atoms with van der Waals surface area (Å²) in [6, 6.07) is 31.9. The van der Waals surface area contributed by atoms with E-state index in [-0.39, 0.29) is 36.9 Å². The molecule has 0 aliphatic carbocycles. The van der Waals surface area contributed by atoms with E-state index in [0.717, 1.165) is 39.4 Å². The number of nitrogens with one attached hydrogen (secondary N) is 2. The number of anilines is 2. The van der Waals surface area contributed by atoms with Gasteiger partial charge in [-0.15, -0.1) is 11.8 Å². The van der Waals surface area contributed by atoms with Crippen LogP contribution in [0.3, 0.4) is 0 Å². The summed E-state index contributed by atoms with van der Waals surface area (Å²) in [7, 11) is -7.86. The Morgan fingerprint density at radius 3 is 2.16 bits per heavy atom. The highest BCUT2D eigenvalue weighted by Crippen LogP contribution is 2.39. The van der Waals surface area contributed by atoms with Gasteiger partial charge in [0.15, 0.2) is 0 Å². The van der Waals surface area contributed by atoms with Crippen LogP contribution in [0.15, 0.2) is 136 Å². The van der Waals surface area contributed by atoms with E-state index >= 15 is 0 Å². The van der Waals surface area contributed by atoms with E-state index in [4.69, 9.17) is 21.4 Å². The number of amides is 1. The van der Waals surface area contributed by atoms with Crippen molar-refractivity contribution < 1.29 is 59.3 Å². The van der Waals surface area contributed by atoms with Gasteiger partial charge in [0.1, 0.15) is 11.5 Å². The van der Waals surface area contributed by atoms with Crippen LogP contribution in [0.4, 0.5) is 24.5 Å². The topological polar surface area (TPSA) is 203 Å². The Bertz CT molecular complexity index is 2900. The van der Waals surface area contributed by atoms with Crippen LogP contribution in [-0.4, -0.2) is 132 Å². The van der Waals surface area contributed by atoms with E-state index in [1.807, 2.05) is 76.4 Å². The molecular weight excluding hydrogens is 1030 g/mol. The van der Waals surface area contributed by atoms with Crippen LogP contribution in [0, 0.1) is 5.92 Å². The number of ether oxygens (including phenoxy) is 1. The molecular formula is C51H57ClF3N5O10S3. The third kappa shape index (κ3) is 15.9. The molecule has 0 saturated carbocycles. The number of aliphatic hydroxyl groups is 1. The van der Waals surface area contributed by atoms with Gasteiger partial charge >= 0.3 is 17.4 Å². The number of alkyl halides is 3. The number of carbonyl (C=O) groups is 3. The van der Waals surface area contributed by atoms with Crippen LogP contribution in [0.25, 0.3) is 11.1 Å². The van der Waals surface area contributed by atoms with E-state index in [1.54, 1.807) is 31.3 Å². The summed E-state index contributed by atoms with van der Waals surface area (Å²) in [5.74, 6) is -2.57. The molecule has 0 radical (unpaired) electrons. The van der Waals surface area contributed by atoms with Gasteiger partial charge in [-0.2, -0.15) is 13.2 Å².